The lowest BCUT2D eigenvalue weighted by molar-refractivity contribution is 0.396. The summed E-state index contributed by atoms with van der Waals surface area (Å²) < 4.78 is 7.42. The molecule has 0 saturated heterocycles. The van der Waals surface area contributed by atoms with Crippen LogP contribution in [-0.2, 0) is 11.4 Å². The molecule has 0 radical (unpaired) electrons. The molecule has 0 unspecified atom stereocenters. The molecule has 0 saturated carbocycles. The summed E-state index contributed by atoms with van der Waals surface area (Å²) in [5.41, 5.74) is 1.97. The summed E-state index contributed by atoms with van der Waals surface area (Å²) in [7, 11) is 1.67. The Morgan fingerprint density at radius 3 is 2.59 bits per heavy atom. The van der Waals surface area contributed by atoms with Gasteiger partial charge in [0.2, 0.25) is 0 Å². The molecule has 0 bridgehead atoms. The second-order valence-electron chi connectivity index (χ2n) is 5.02. The molecule has 0 aliphatic carbocycles. The first-order chi connectivity index (χ1) is 7.97. The van der Waals surface area contributed by atoms with Gasteiger partial charge in [0.05, 0.1) is 24.0 Å². The first-order valence-electron chi connectivity index (χ1n) is 5.59. The lowest BCUT2D eigenvalue weighted by atomic mass is 10.1. The molecule has 1 heterocycles. The molecule has 92 valence electrons. The van der Waals surface area contributed by atoms with E-state index in [-0.39, 0.29) is 5.54 Å². The maximum atomic E-state index is 5.97. The third-order valence-electron chi connectivity index (χ3n) is 2.72. The highest BCUT2D eigenvalue weighted by Gasteiger charge is 2.21. The van der Waals surface area contributed by atoms with Crippen LogP contribution in [0.1, 0.15) is 26.6 Å². The Morgan fingerprint density at radius 1 is 1.35 bits per heavy atom. The molecule has 2 aromatic rings. The van der Waals surface area contributed by atoms with Crippen LogP contribution >= 0.6 is 11.6 Å². The van der Waals surface area contributed by atoms with Crippen LogP contribution in [0, 0.1) is 0 Å². The Morgan fingerprint density at radius 2 is 2.06 bits per heavy atom. The van der Waals surface area contributed by atoms with E-state index in [0.717, 1.165) is 22.6 Å². The molecule has 2 rings (SSSR count). The predicted octanol–water partition coefficient (Wildman–Crippen LogP) is 3.54. The second-order valence-corrected chi connectivity index (χ2v) is 5.29. The van der Waals surface area contributed by atoms with E-state index in [1.807, 2.05) is 18.2 Å². The summed E-state index contributed by atoms with van der Waals surface area (Å²) in [6.07, 6.45) is 0. The summed E-state index contributed by atoms with van der Waals surface area (Å²) in [6.45, 7) is 6.43. The van der Waals surface area contributed by atoms with Gasteiger partial charge < -0.3 is 9.30 Å². The molecule has 0 fully saturated rings. The minimum absolute atomic E-state index is 0.0503. The van der Waals surface area contributed by atoms with Crippen LogP contribution in [-0.4, -0.2) is 16.7 Å². The Kier molecular flexibility index (Phi) is 3.04. The highest BCUT2D eigenvalue weighted by Crippen LogP contribution is 2.28. The van der Waals surface area contributed by atoms with E-state index in [4.69, 9.17) is 16.3 Å². The quantitative estimate of drug-likeness (QED) is 0.765. The molecule has 4 heteroatoms. The van der Waals surface area contributed by atoms with E-state index in [1.165, 1.54) is 0 Å². The number of alkyl halides is 1. The van der Waals surface area contributed by atoms with Crippen molar-refractivity contribution in [3.05, 3.63) is 24.0 Å². The van der Waals surface area contributed by atoms with E-state index in [0.29, 0.717) is 5.88 Å². The van der Waals surface area contributed by atoms with Gasteiger partial charge in [-0.1, -0.05) is 0 Å². The number of benzene rings is 1. The molecule has 3 nitrogen and oxygen atoms in total. The summed E-state index contributed by atoms with van der Waals surface area (Å²) in [6, 6.07) is 5.89. The van der Waals surface area contributed by atoms with Gasteiger partial charge in [0.1, 0.15) is 11.6 Å². The third kappa shape index (κ3) is 2.12. The number of imidazole rings is 1. The Balaban J connectivity index is 2.76. The number of hydrogen-bond acceptors (Lipinski definition) is 2. The molecule has 1 aromatic carbocycles. The zero-order chi connectivity index (χ0) is 12.6. The number of ether oxygens (including phenoxy) is 1. The Hall–Kier alpha value is -1.22. The van der Waals surface area contributed by atoms with E-state index in [1.54, 1.807) is 7.11 Å². The van der Waals surface area contributed by atoms with Crippen molar-refractivity contribution in [2.75, 3.05) is 7.11 Å². The van der Waals surface area contributed by atoms with Crippen LogP contribution in [0.25, 0.3) is 11.0 Å². The van der Waals surface area contributed by atoms with Crippen molar-refractivity contribution >= 4 is 22.6 Å². The largest absolute Gasteiger partial charge is 0.497 e. The number of hydrogen-bond donors (Lipinski definition) is 0. The van der Waals surface area contributed by atoms with Gasteiger partial charge in [0.15, 0.2) is 0 Å². The average molecular weight is 253 g/mol. The summed E-state index contributed by atoms with van der Waals surface area (Å²) in [5.74, 6) is 2.14. The van der Waals surface area contributed by atoms with Crippen LogP contribution in [0.15, 0.2) is 18.2 Å². The second kappa shape index (κ2) is 4.22. The zero-order valence-electron chi connectivity index (χ0n) is 10.6. The van der Waals surface area contributed by atoms with Crippen molar-refractivity contribution in [1.29, 1.82) is 0 Å². The number of halogens is 1. The van der Waals surface area contributed by atoms with Crippen molar-refractivity contribution in [3.8, 4) is 5.75 Å². The summed E-state index contributed by atoms with van der Waals surface area (Å²) >= 11 is 5.97. The maximum absolute atomic E-state index is 5.97. The van der Waals surface area contributed by atoms with Crippen LogP contribution in [0.4, 0.5) is 0 Å². The molecule has 0 spiro atoms. The SMILES string of the molecule is COc1ccc2nc(CCl)n(C(C)(C)C)c2c1. The minimum Gasteiger partial charge on any atom is -0.497 e. The smallest absolute Gasteiger partial charge is 0.125 e. The van der Waals surface area contributed by atoms with Crippen molar-refractivity contribution < 1.29 is 4.74 Å². The van der Waals surface area contributed by atoms with Crippen molar-refractivity contribution in [3.63, 3.8) is 0 Å². The standard InChI is InChI=1S/C13H17ClN2O/c1-13(2,3)16-11-7-9(17-4)5-6-10(11)15-12(16)8-14/h5-7H,8H2,1-4H3. The van der Waals surface area contributed by atoms with Gasteiger partial charge in [-0.25, -0.2) is 4.98 Å². The molecule has 0 aliphatic heterocycles. The van der Waals surface area contributed by atoms with Gasteiger partial charge in [0.25, 0.3) is 0 Å². The maximum Gasteiger partial charge on any atom is 0.125 e. The highest BCUT2D eigenvalue weighted by atomic mass is 35.5. The molecule has 17 heavy (non-hydrogen) atoms. The number of rotatable bonds is 2. The van der Waals surface area contributed by atoms with Crippen molar-refractivity contribution in [1.82, 2.24) is 9.55 Å². The van der Waals surface area contributed by atoms with E-state index >= 15 is 0 Å². The lowest BCUT2D eigenvalue weighted by Gasteiger charge is -2.24. The number of fused-ring (bicyclic) bond motifs is 1. The van der Waals surface area contributed by atoms with Gasteiger partial charge in [-0.15, -0.1) is 11.6 Å². The highest BCUT2D eigenvalue weighted by molar-refractivity contribution is 6.16. The fourth-order valence-electron chi connectivity index (χ4n) is 2.07. The molecule has 0 atom stereocenters. The monoisotopic (exact) mass is 252 g/mol. The van der Waals surface area contributed by atoms with Gasteiger partial charge >= 0.3 is 0 Å². The van der Waals surface area contributed by atoms with Gasteiger partial charge in [-0.05, 0) is 32.9 Å². The predicted molar refractivity (Wildman–Crippen MR) is 70.8 cm³/mol. The summed E-state index contributed by atoms with van der Waals surface area (Å²) in [4.78, 5) is 4.55. The molecule has 0 N–H and O–H groups in total. The van der Waals surface area contributed by atoms with Crippen molar-refractivity contribution in [2.45, 2.75) is 32.2 Å². The zero-order valence-corrected chi connectivity index (χ0v) is 11.4. The van der Waals surface area contributed by atoms with Crippen LogP contribution in [0.2, 0.25) is 0 Å². The molecule has 1 aromatic heterocycles. The fraction of sp³-hybridized carbons (Fsp3) is 0.462. The molecule has 0 aliphatic rings. The van der Waals surface area contributed by atoms with Gasteiger partial charge in [0, 0.05) is 11.6 Å². The topological polar surface area (TPSA) is 27.1 Å². The lowest BCUT2D eigenvalue weighted by Crippen LogP contribution is -2.23. The Labute approximate surface area is 106 Å². The minimum atomic E-state index is -0.0503. The van der Waals surface area contributed by atoms with E-state index in [9.17, 15) is 0 Å². The average Bonchev–Trinajstić information content (AvgIpc) is 2.65. The fourth-order valence-corrected chi connectivity index (χ4v) is 2.25. The molecular weight excluding hydrogens is 236 g/mol. The van der Waals surface area contributed by atoms with Crippen LogP contribution in [0.5, 0.6) is 5.75 Å². The molecule has 0 amide bonds. The third-order valence-corrected chi connectivity index (χ3v) is 2.96. The Bertz CT molecular complexity index is 540. The molecular formula is C13H17ClN2O. The van der Waals surface area contributed by atoms with E-state index < -0.39 is 0 Å². The van der Waals surface area contributed by atoms with Crippen molar-refractivity contribution in [2.24, 2.45) is 0 Å². The van der Waals surface area contributed by atoms with Crippen LogP contribution in [0.3, 0.4) is 0 Å². The van der Waals surface area contributed by atoms with E-state index in [2.05, 4.69) is 30.3 Å². The number of aromatic nitrogens is 2. The first-order valence-corrected chi connectivity index (χ1v) is 6.12. The number of nitrogens with zero attached hydrogens (tertiary/aromatic N) is 2. The normalized spacial score (nSPS) is 12.1. The summed E-state index contributed by atoms with van der Waals surface area (Å²) in [5, 5.41) is 0. The first kappa shape index (κ1) is 12.2. The van der Waals surface area contributed by atoms with Gasteiger partial charge in [-0.3, -0.25) is 0 Å². The number of methoxy groups -OCH3 is 1. The van der Waals surface area contributed by atoms with Crippen LogP contribution < -0.4 is 4.74 Å². The van der Waals surface area contributed by atoms with Gasteiger partial charge in [-0.2, -0.15) is 0 Å².